The highest BCUT2D eigenvalue weighted by molar-refractivity contribution is 7.67. The highest BCUT2D eigenvalue weighted by Gasteiger charge is 2.38. The molecule has 2 rings (SSSR count). The Labute approximate surface area is 156 Å². The minimum Gasteiger partial charge on any atom is -0.496 e. The van der Waals surface area contributed by atoms with Crippen molar-refractivity contribution in [3.05, 3.63) is 54.1 Å². The molecule has 0 saturated heterocycles. The second-order valence-electron chi connectivity index (χ2n) is 6.81. The van der Waals surface area contributed by atoms with Crippen molar-refractivity contribution in [2.75, 3.05) is 32.7 Å². The Kier molecular flexibility index (Phi) is 6.87. The molecule has 1 N–H and O–H groups in total. The number of aliphatic hydroxyl groups is 1. The van der Waals surface area contributed by atoms with Crippen molar-refractivity contribution in [2.24, 2.45) is 5.92 Å². The number of aliphatic hydroxyl groups excluding tert-OH is 1. The van der Waals surface area contributed by atoms with Gasteiger partial charge in [-0.05, 0) is 36.2 Å². The smallest absolute Gasteiger partial charge is 0.264 e. The molecular formula is C20H28NO4P. The van der Waals surface area contributed by atoms with Crippen LogP contribution in [0.1, 0.15) is 25.3 Å². The lowest BCUT2D eigenvalue weighted by Crippen LogP contribution is -2.17. The molecule has 0 radical (unpaired) electrons. The number of methoxy groups -OCH3 is 1. The molecule has 0 aromatic heterocycles. The van der Waals surface area contributed by atoms with Crippen LogP contribution in [0.3, 0.4) is 0 Å². The van der Waals surface area contributed by atoms with Crippen LogP contribution in [0, 0.1) is 5.92 Å². The van der Waals surface area contributed by atoms with Crippen molar-refractivity contribution < 1.29 is 18.9 Å². The molecule has 0 amide bonds. The maximum absolute atomic E-state index is 13.8. The molecule has 0 aliphatic rings. The first kappa shape index (κ1) is 20.5. The molecule has 2 aromatic carbocycles. The van der Waals surface area contributed by atoms with Gasteiger partial charge in [-0.15, -0.1) is 0 Å². The Morgan fingerprint density at radius 1 is 1.08 bits per heavy atom. The van der Waals surface area contributed by atoms with Crippen LogP contribution in [0.4, 0.5) is 5.69 Å². The molecule has 6 heteroatoms. The molecular weight excluding hydrogens is 349 g/mol. The number of benzene rings is 2. The third-order valence-electron chi connectivity index (χ3n) is 4.06. The molecule has 0 heterocycles. The van der Waals surface area contributed by atoms with E-state index in [2.05, 4.69) is 0 Å². The van der Waals surface area contributed by atoms with Crippen LogP contribution in [0.15, 0.2) is 48.5 Å². The second kappa shape index (κ2) is 8.72. The maximum Gasteiger partial charge on any atom is 0.264 e. The van der Waals surface area contributed by atoms with Crippen LogP contribution >= 0.6 is 7.37 Å². The summed E-state index contributed by atoms with van der Waals surface area (Å²) in [5.41, 5.74) is 1.44. The Hall–Kier alpha value is -1.81. The molecule has 2 aromatic rings. The summed E-state index contributed by atoms with van der Waals surface area (Å²) in [7, 11) is 1.83. The highest BCUT2D eigenvalue weighted by Crippen LogP contribution is 2.59. The molecule has 0 saturated carbocycles. The van der Waals surface area contributed by atoms with Gasteiger partial charge in [0.05, 0.1) is 13.7 Å². The fourth-order valence-electron chi connectivity index (χ4n) is 2.57. The fraction of sp³-hybridized carbons (Fsp3) is 0.400. The molecule has 0 fully saturated rings. The van der Waals surface area contributed by atoms with E-state index in [9.17, 15) is 9.67 Å². The molecule has 0 spiro atoms. The first-order chi connectivity index (χ1) is 12.3. The van der Waals surface area contributed by atoms with E-state index in [1.807, 2.05) is 45.0 Å². The van der Waals surface area contributed by atoms with E-state index in [4.69, 9.17) is 9.26 Å². The quantitative estimate of drug-likeness (QED) is 0.704. The number of ether oxygens (including phenoxy) is 1. The zero-order valence-corrected chi connectivity index (χ0v) is 16.9. The SMILES string of the molecule is COc1ccccc1[C@H](O)[P@](=O)(OCC(C)C)c1ccc(N(C)C)cc1. The largest absolute Gasteiger partial charge is 0.496 e. The summed E-state index contributed by atoms with van der Waals surface area (Å²) >= 11 is 0. The average molecular weight is 377 g/mol. The van der Waals surface area contributed by atoms with Gasteiger partial charge in [-0.1, -0.05) is 32.0 Å². The van der Waals surface area contributed by atoms with E-state index in [1.54, 1.807) is 36.4 Å². The van der Waals surface area contributed by atoms with Gasteiger partial charge in [-0.3, -0.25) is 4.57 Å². The van der Waals surface area contributed by atoms with Gasteiger partial charge in [-0.25, -0.2) is 0 Å². The van der Waals surface area contributed by atoms with Gasteiger partial charge in [0.2, 0.25) is 0 Å². The summed E-state index contributed by atoms with van der Waals surface area (Å²) in [6.45, 7) is 4.25. The Balaban J connectivity index is 2.48. The van der Waals surface area contributed by atoms with E-state index < -0.39 is 13.2 Å². The Bertz CT molecular complexity index is 759. The van der Waals surface area contributed by atoms with Crippen molar-refractivity contribution >= 4 is 18.4 Å². The van der Waals surface area contributed by atoms with Crippen molar-refractivity contribution in [3.63, 3.8) is 0 Å². The zero-order chi connectivity index (χ0) is 19.3. The van der Waals surface area contributed by atoms with E-state index >= 15 is 0 Å². The minimum atomic E-state index is -3.57. The van der Waals surface area contributed by atoms with Crippen molar-refractivity contribution in [3.8, 4) is 5.75 Å². The Morgan fingerprint density at radius 3 is 2.23 bits per heavy atom. The van der Waals surface area contributed by atoms with E-state index in [-0.39, 0.29) is 5.92 Å². The number of hydrogen-bond acceptors (Lipinski definition) is 5. The van der Waals surface area contributed by atoms with Crippen LogP contribution in [0.5, 0.6) is 5.75 Å². The Morgan fingerprint density at radius 2 is 1.69 bits per heavy atom. The lowest BCUT2D eigenvalue weighted by atomic mass is 10.2. The van der Waals surface area contributed by atoms with Crippen LogP contribution in [0.25, 0.3) is 0 Å². The normalized spacial score (nSPS) is 14.7. The topological polar surface area (TPSA) is 59.0 Å². The van der Waals surface area contributed by atoms with E-state index in [1.165, 1.54) is 7.11 Å². The second-order valence-corrected chi connectivity index (χ2v) is 9.27. The summed E-state index contributed by atoms with van der Waals surface area (Å²) < 4.78 is 25.0. The van der Waals surface area contributed by atoms with Crippen LogP contribution in [0.2, 0.25) is 0 Å². The lowest BCUT2D eigenvalue weighted by molar-refractivity contribution is 0.199. The van der Waals surface area contributed by atoms with Gasteiger partial charge < -0.3 is 19.3 Å². The van der Waals surface area contributed by atoms with Gasteiger partial charge >= 0.3 is 0 Å². The molecule has 0 aliphatic carbocycles. The van der Waals surface area contributed by atoms with Gasteiger partial charge in [0.15, 0.2) is 5.85 Å². The average Bonchev–Trinajstić information content (AvgIpc) is 2.65. The predicted molar refractivity (Wildman–Crippen MR) is 107 cm³/mol. The van der Waals surface area contributed by atoms with Crippen LogP contribution in [-0.4, -0.2) is 32.9 Å². The van der Waals surface area contributed by atoms with Crippen molar-refractivity contribution in [1.29, 1.82) is 0 Å². The third kappa shape index (κ3) is 4.47. The summed E-state index contributed by atoms with van der Waals surface area (Å²) in [5, 5.41) is 11.5. The van der Waals surface area contributed by atoms with Crippen molar-refractivity contribution in [2.45, 2.75) is 19.7 Å². The van der Waals surface area contributed by atoms with Crippen LogP contribution < -0.4 is 14.9 Å². The summed E-state index contributed by atoms with van der Waals surface area (Å²) in [4.78, 5) is 1.96. The maximum atomic E-state index is 13.8. The number of rotatable bonds is 8. The van der Waals surface area contributed by atoms with Gasteiger partial charge in [0.1, 0.15) is 5.75 Å². The third-order valence-corrected chi connectivity index (χ3v) is 6.54. The summed E-state index contributed by atoms with van der Waals surface area (Å²) in [6.07, 6.45) is 0. The fourth-order valence-corrected chi connectivity index (χ4v) is 4.80. The molecule has 26 heavy (non-hydrogen) atoms. The van der Waals surface area contributed by atoms with Gasteiger partial charge in [0.25, 0.3) is 7.37 Å². The van der Waals surface area contributed by atoms with Gasteiger partial charge in [-0.2, -0.15) is 0 Å². The molecule has 0 bridgehead atoms. The monoisotopic (exact) mass is 377 g/mol. The number of anilines is 1. The summed E-state index contributed by atoms with van der Waals surface area (Å²) in [5.74, 6) is -0.630. The standard InChI is InChI=1S/C20H28NO4P/c1-15(2)14-25-26(23,17-12-10-16(11-13-17)21(3)4)20(22)18-8-6-7-9-19(18)24-5/h6-13,15,20,22H,14H2,1-5H3/t20-,26-/m1/s1. The molecule has 5 nitrogen and oxygen atoms in total. The van der Waals surface area contributed by atoms with E-state index in [0.29, 0.717) is 23.2 Å². The molecule has 142 valence electrons. The minimum absolute atomic E-state index is 0.189. The van der Waals surface area contributed by atoms with Crippen molar-refractivity contribution in [1.82, 2.24) is 0 Å². The molecule has 0 unspecified atom stereocenters. The summed E-state index contributed by atoms with van der Waals surface area (Å²) in [6, 6.07) is 14.3. The predicted octanol–water partition coefficient (Wildman–Crippen LogP) is 4.03. The van der Waals surface area contributed by atoms with Crippen LogP contribution in [-0.2, 0) is 9.09 Å². The molecule has 2 atom stereocenters. The van der Waals surface area contributed by atoms with E-state index in [0.717, 1.165) is 5.69 Å². The molecule has 0 aliphatic heterocycles. The first-order valence-electron chi connectivity index (χ1n) is 8.62. The lowest BCUT2D eigenvalue weighted by Gasteiger charge is -2.26. The number of hydrogen-bond donors (Lipinski definition) is 1. The number of para-hydroxylation sites is 1. The van der Waals surface area contributed by atoms with Gasteiger partial charge in [0, 0.05) is 30.7 Å². The highest BCUT2D eigenvalue weighted by atomic mass is 31.2. The first-order valence-corrected chi connectivity index (χ1v) is 10.3. The number of nitrogens with zero attached hydrogens (tertiary/aromatic N) is 1. The zero-order valence-electron chi connectivity index (χ0n) is 16.0.